The molecule has 0 fully saturated rings. The van der Waals surface area contributed by atoms with Crippen molar-refractivity contribution in [2.45, 2.75) is 12.1 Å². The van der Waals surface area contributed by atoms with Crippen molar-refractivity contribution in [3.05, 3.63) is 35.0 Å². The topological polar surface area (TPSA) is 57.8 Å². The molecule has 3 aromatic rings. The van der Waals surface area contributed by atoms with Gasteiger partial charge >= 0.3 is 0 Å². The Kier molecular flexibility index (Phi) is 4.97. The summed E-state index contributed by atoms with van der Waals surface area (Å²) in [6.07, 6.45) is 0. The highest BCUT2D eigenvalue weighted by atomic mass is 32.2. The molecule has 3 rings (SSSR count). The maximum atomic E-state index is 11.6. The van der Waals surface area contributed by atoms with E-state index < -0.39 is 0 Å². The fourth-order valence-corrected chi connectivity index (χ4v) is 4.14. The quantitative estimate of drug-likeness (QED) is 0.659. The molecule has 0 radical (unpaired) electrons. The zero-order valence-corrected chi connectivity index (χ0v) is 14.4. The minimum absolute atomic E-state index is 0.0271. The zero-order valence-electron chi connectivity index (χ0n) is 12.0. The molecule has 114 valence electrons. The monoisotopic (exact) mass is 349 g/mol. The van der Waals surface area contributed by atoms with Gasteiger partial charge in [-0.25, -0.2) is 4.98 Å². The summed E-state index contributed by atoms with van der Waals surface area (Å²) in [5.41, 5.74) is 1.98. The molecule has 0 spiro atoms. The number of thiophene rings is 2. The smallest absolute Gasteiger partial charge is 0.230 e. The maximum Gasteiger partial charge on any atom is 0.230 e. The van der Waals surface area contributed by atoms with Crippen molar-refractivity contribution in [3.8, 4) is 21.1 Å². The van der Waals surface area contributed by atoms with E-state index in [4.69, 9.17) is 0 Å². The molecule has 1 amide bonds. The number of rotatable bonds is 6. The van der Waals surface area contributed by atoms with E-state index in [1.807, 2.05) is 24.4 Å². The Labute approximate surface area is 141 Å². The number of nitrogens with zero attached hydrogens (tertiary/aromatic N) is 1. The lowest BCUT2D eigenvalue weighted by Crippen LogP contribution is -2.24. The molecular formula is C15H15N3OS3. The molecule has 0 atom stereocenters. The van der Waals surface area contributed by atoms with Crippen LogP contribution in [-0.4, -0.2) is 28.2 Å². The van der Waals surface area contributed by atoms with Gasteiger partial charge in [-0.15, -0.1) is 22.7 Å². The van der Waals surface area contributed by atoms with Gasteiger partial charge in [0.25, 0.3) is 0 Å². The number of hydrogen-bond acceptors (Lipinski definition) is 5. The number of carbonyl (C=O) groups excluding carboxylic acids is 1. The summed E-state index contributed by atoms with van der Waals surface area (Å²) in [4.78, 5) is 21.9. The van der Waals surface area contributed by atoms with Crippen molar-refractivity contribution in [2.24, 2.45) is 0 Å². The van der Waals surface area contributed by atoms with Crippen LogP contribution in [0.1, 0.15) is 6.92 Å². The number of amides is 1. The van der Waals surface area contributed by atoms with Crippen molar-refractivity contribution in [2.75, 3.05) is 12.3 Å². The number of aromatic nitrogens is 2. The number of aromatic amines is 1. The van der Waals surface area contributed by atoms with Gasteiger partial charge in [0, 0.05) is 6.54 Å². The van der Waals surface area contributed by atoms with Crippen molar-refractivity contribution in [1.29, 1.82) is 0 Å². The second-order valence-corrected chi connectivity index (χ2v) is 7.32. The zero-order chi connectivity index (χ0) is 15.4. The van der Waals surface area contributed by atoms with Crippen LogP contribution in [0.4, 0.5) is 0 Å². The predicted octanol–water partition coefficient (Wildman–Crippen LogP) is 4.09. The average Bonchev–Trinajstić information content (AvgIpc) is 3.24. The van der Waals surface area contributed by atoms with E-state index in [9.17, 15) is 4.79 Å². The molecular weight excluding hydrogens is 334 g/mol. The van der Waals surface area contributed by atoms with E-state index in [-0.39, 0.29) is 5.91 Å². The van der Waals surface area contributed by atoms with E-state index in [1.54, 1.807) is 22.7 Å². The van der Waals surface area contributed by atoms with E-state index in [2.05, 4.69) is 32.8 Å². The fraction of sp³-hybridized carbons (Fsp3) is 0.200. The molecule has 0 bridgehead atoms. The van der Waals surface area contributed by atoms with E-state index in [0.29, 0.717) is 12.3 Å². The van der Waals surface area contributed by atoms with E-state index >= 15 is 0 Å². The van der Waals surface area contributed by atoms with Crippen LogP contribution in [0, 0.1) is 0 Å². The lowest BCUT2D eigenvalue weighted by Gasteiger charge is -1.99. The van der Waals surface area contributed by atoms with Gasteiger partial charge in [-0.3, -0.25) is 4.79 Å². The van der Waals surface area contributed by atoms with Crippen molar-refractivity contribution in [3.63, 3.8) is 0 Å². The molecule has 2 N–H and O–H groups in total. The fourth-order valence-electron chi connectivity index (χ4n) is 1.99. The highest BCUT2D eigenvalue weighted by Gasteiger charge is 2.16. The molecule has 22 heavy (non-hydrogen) atoms. The minimum Gasteiger partial charge on any atom is -0.356 e. The summed E-state index contributed by atoms with van der Waals surface area (Å²) in [6.45, 7) is 2.57. The normalized spacial score (nSPS) is 10.8. The van der Waals surface area contributed by atoms with Gasteiger partial charge in [0.1, 0.15) is 5.69 Å². The van der Waals surface area contributed by atoms with Crippen molar-refractivity contribution < 1.29 is 4.79 Å². The SMILES string of the molecule is CCNC(=O)CSc1nc(-c2cccs2)c(-c2cccs2)[nH]1. The Balaban J connectivity index is 1.87. The van der Waals surface area contributed by atoms with Crippen LogP contribution in [0.3, 0.4) is 0 Å². The third-order valence-corrected chi connectivity index (χ3v) is 5.56. The van der Waals surface area contributed by atoms with Crippen LogP contribution in [0.2, 0.25) is 0 Å². The van der Waals surface area contributed by atoms with Crippen LogP contribution < -0.4 is 5.32 Å². The standard InChI is InChI=1S/C15H15N3OS3/c1-2-16-12(19)9-22-15-17-13(10-5-3-7-20-10)14(18-15)11-6-4-8-21-11/h3-8H,2,9H2,1H3,(H,16,19)(H,17,18). The van der Waals surface area contributed by atoms with E-state index in [1.165, 1.54) is 11.8 Å². The first-order valence-corrected chi connectivity index (χ1v) is 9.59. The van der Waals surface area contributed by atoms with Gasteiger partial charge in [0.15, 0.2) is 5.16 Å². The molecule has 0 aliphatic carbocycles. The van der Waals surface area contributed by atoms with Crippen LogP contribution in [0.5, 0.6) is 0 Å². The van der Waals surface area contributed by atoms with Gasteiger partial charge in [0.05, 0.1) is 21.2 Å². The summed E-state index contributed by atoms with van der Waals surface area (Å²) in [6, 6.07) is 8.19. The first-order chi connectivity index (χ1) is 10.8. The molecule has 0 aromatic carbocycles. The predicted molar refractivity (Wildman–Crippen MR) is 94.6 cm³/mol. The van der Waals surface area contributed by atoms with Crippen LogP contribution in [0.15, 0.2) is 40.2 Å². The van der Waals surface area contributed by atoms with Crippen LogP contribution >= 0.6 is 34.4 Å². The number of nitrogens with one attached hydrogen (secondary N) is 2. The van der Waals surface area contributed by atoms with Crippen molar-refractivity contribution >= 4 is 40.3 Å². The maximum absolute atomic E-state index is 11.6. The van der Waals surface area contributed by atoms with Gasteiger partial charge in [-0.1, -0.05) is 23.9 Å². The molecule has 3 heterocycles. The third-order valence-electron chi connectivity index (χ3n) is 2.92. The molecule has 3 aromatic heterocycles. The van der Waals surface area contributed by atoms with Crippen LogP contribution in [-0.2, 0) is 4.79 Å². The molecule has 0 aliphatic heterocycles. The Hall–Kier alpha value is -1.57. The summed E-state index contributed by atoms with van der Waals surface area (Å²) in [7, 11) is 0. The third kappa shape index (κ3) is 3.43. The molecule has 4 nitrogen and oxygen atoms in total. The molecule has 7 heteroatoms. The summed E-state index contributed by atoms with van der Waals surface area (Å²) in [5.74, 6) is 0.397. The summed E-state index contributed by atoms with van der Waals surface area (Å²) in [5, 5.41) is 7.67. The highest BCUT2D eigenvalue weighted by Crippen LogP contribution is 2.36. The van der Waals surface area contributed by atoms with Gasteiger partial charge in [-0.2, -0.15) is 0 Å². The van der Waals surface area contributed by atoms with Gasteiger partial charge in [-0.05, 0) is 29.8 Å². The molecule has 0 saturated heterocycles. The lowest BCUT2D eigenvalue weighted by atomic mass is 10.2. The second-order valence-electron chi connectivity index (χ2n) is 4.46. The highest BCUT2D eigenvalue weighted by molar-refractivity contribution is 7.99. The Morgan fingerprint density at radius 1 is 1.27 bits per heavy atom. The second kappa shape index (κ2) is 7.13. The van der Waals surface area contributed by atoms with Crippen molar-refractivity contribution in [1.82, 2.24) is 15.3 Å². The van der Waals surface area contributed by atoms with Gasteiger partial charge in [0.2, 0.25) is 5.91 Å². The number of H-pyrrole nitrogens is 1. The number of thioether (sulfide) groups is 1. The Morgan fingerprint density at radius 2 is 2.00 bits per heavy atom. The van der Waals surface area contributed by atoms with E-state index in [0.717, 1.165) is 26.3 Å². The summed E-state index contributed by atoms with van der Waals surface area (Å²) >= 11 is 4.77. The average molecular weight is 350 g/mol. The number of hydrogen-bond donors (Lipinski definition) is 2. The largest absolute Gasteiger partial charge is 0.356 e. The van der Waals surface area contributed by atoms with Crippen LogP contribution in [0.25, 0.3) is 21.1 Å². The lowest BCUT2D eigenvalue weighted by molar-refractivity contribution is -0.118. The first-order valence-electron chi connectivity index (χ1n) is 6.85. The number of carbonyl (C=O) groups is 1. The summed E-state index contributed by atoms with van der Waals surface area (Å²) < 4.78 is 0. The number of imidazole rings is 1. The first kappa shape index (κ1) is 15.3. The molecule has 0 aliphatic rings. The Morgan fingerprint density at radius 3 is 2.64 bits per heavy atom. The minimum atomic E-state index is 0.0271. The van der Waals surface area contributed by atoms with Gasteiger partial charge < -0.3 is 10.3 Å². The molecule has 0 saturated carbocycles. The Bertz CT molecular complexity index is 681. The molecule has 0 unspecified atom stereocenters.